The molecule has 6 nitrogen and oxygen atoms in total. The molecule has 6 heteroatoms. The Kier molecular flexibility index (Phi) is 2.74. The van der Waals surface area contributed by atoms with Crippen molar-refractivity contribution >= 4 is 16.9 Å². The summed E-state index contributed by atoms with van der Waals surface area (Å²) in [5.74, 6) is 1.23. The van der Waals surface area contributed by atoms with E-state index >= 15 is 0 Å². The van der Waals surface area contributed by atoms with Crippen molar-refractivity contribution in [3.63, 3.8) is 0 Å². The zero-order valence-electron chi connectivity index (χ0n) is 9.80. The summed E-state index contributed by atoms with van der Waals surface area (Å²) in [4.78, 5) is 10.8. The van der Waals surface area contributed by atoms with Crippen molar-refractivity contribution in [2.45, 2.75) is 13.5 Å². The Morgan fingerprint density at radius 2 is 2.19 bits per heavy atom. The number of rotatable bonds is 3. The number of anilines is 1. The molecular formula is C10H16N6. The van der Waals surface area contributed by atoms with Gasteiger partial charge in [-0.25, -0.2) is 9.97 Å². The summed E-state index contributed by atoms with van der Waals surface area (Å²) >= 11 is 0. The fourth-order valence-corrected chi connectivity index (χ4v) is 1.51. The van der Waals surface area contributed by atoms with Gasteiger partial charge in [0.1, 0.15) is 11.6 Å². The Morgan fingerprint density at radius 3 is 2.88 bits per heavy atom. The maximum atomic E-state index is 5.86. The zero-order valence-corrected chi connectivity index (χ0v) is 9.80. The number of nitrogens with zero attached hydrogens (tertiary/aromatic N) is 5. The maximum absolute atomic E-state index is 5.86. The highest BCUT2D eigenvalue weighted by Crippen LogP contribution is 2.16. The third kappa shape index (κ3) is 1.83. The Labute approximate surface area is 94.1 Å². The van der Waals surface area contributed by atoms with Crippen LogP contribution >= 0.6 is 0 Å². The lowest BCUT2D eigenvalue weighted by Crippen LogP contribution is -2.19. The molecule has 86 valence electrons. The molecule has 0 amide bonds. The number of hydrogen-bond donors (Lipinski definition) is 1. The van der Waals surface area contributed by atoms with Gasteiger partial charge in [-0.1, -0.05) is 6.92 Å². The first-order valence-corrected chi connectivity index (χ1v) is 5.24. The molecule has 0 aromatic carbocycles. The number of aromatic nitrogens is 4. The second-order valence-corrected chi connectivity index (χ2v) is 3.86. The Morgan fingerprint density at radius 1 is 1.44 bits per heavy atom. The summed E-state index contributed by atoms with van der Waals surface area (Å²) < 4.78 is 1.71. The van der Waals surface area contributed by atoms with Gasteiger partial charge < -0.3 is 5.73 Å². The van der Waals surface area contributed by atoms with Crippen LogP contribution in [-0.2, 0) is 13.6 Å². The van der Waals surface area contributed by atoms with E-state index in [1.54, 1.807) is 10.9 Å². The molecule has 0 radical (unpaired) electrons. The van der Waals surface area contributed by atoms with E-state index in [9.17, 15) is 0 Å². The fraction of sp³-hybridized carbons (Fsp3) is 0.500. The lowest BCUT2D eigenvalue weighted by atomic mass is 10.4. The minimum Gasteiger partial charge on any atom is -0.383 e. The quantitative estimate of drug-likeness (QED) is 0.810. The second-order valence-electron chi connectivity index (χ2n) is 3.86. The third-order valence-corrected chi connectivity index (χ3v) is 2.62. The van der Waals surface area contributed by atoms with Crippen molar-refractivity contribution < 1.29 is 0 Å². The van der Waals surface area contributed by atoms with Gasteiger partial charge in [0.2, 0.25) is 0 Å². The van der Waals surface area contributed by atoms with Crippen LogP contribution in [0.1, 0.15) is 12.7 Å². The van der Waals surface area contributed by atoms with Crippen molar-refractivity contribution in [2.24, 2.45) is 7.05 Å². The highest BCUT2D eigenvalue weighted by molar-refractivity contribution is 5.84. The summed E-state index contributed by atoms with van der Waals surface area (Å²) in [6, 6.07) is 0. The van der Waals surface area contributed by atoms with Crippen LogP contribution in [0.5, 0.6) is 0 Å². The van der Waals surface area contributed by atoms with E-state index in [0.29, 0.717) is 12.4 Å². The summed E-state index contributed by atoms with van der Waals surface area (Å²) in [5.41, 5.74) is 6.65. The topological polar surface area (TPSA) is 72.9 Å². The largest absolute Gasteiger partial charge is 0.383 e. The molecule has 0 spiro atoms. The average molecular weight is 220 g/mol. The van der Waals surface area contributed by atoms with E-state index in [-0.39, 0.29) is 0 Å². The molecule has 0 fully saturated rings. The molecule has 2 aromatic heterocycles. The third-order valence-electron chi connectivity index (χ3n) is 2.62. The van der Waals surface area contributed by atoms with Crippen molar-refractivity contribution in [2.75, 3.05) is 19.3 Å². The fourth-order valence-electron chi connectivity index (χ4n) is 1.51. The van der Waals surface area contributed by atoms with Gasteiger partial charge in [0, 0.05) is 7.05 Å². The van der Waals surface area contributed by atoms with Gasteiger partial charge in [-0.2, -0.15) is 5.10 Å². The van der Waals surface area contributed by atoms with Crippen LogP contribution < -0.4 is 5.73 Å². The zero-order chi connectivity index (χ0) is 11.7. The smallest absolute Gasteiger partial charge is 0.163 e. The lowest BCUT2D eigenvalue weighted by molar-refractivity contribution is 0.337. The SMILES string of the molecule is CCN(C)Cc1nc(N)c2cnn(C)c2n1. The standard InChI is InChI=1S/C10H16N6/c1-4-15(2)6-8-13-9(11)7-5-12-16(3)10(7)14-8/h5H,4,6H2,1-3H3,(H2,11,13,14). The molecule has 0 aliphatic carbocycles. The number of hydrogen-bond acceptors (Lipinski definition) is 5. The highest BCUT2D eigenvalue weighted by atomic mass is 15.3. The van der Waals surface area contributed by atoms with Crippen molar-refractivity contribution in [3.8, 4) is 0 Å². The first-order chi connectivity index (χ1) is 7.61. The van der Waals surface area contributed by atoms with Crippen molar-refractivity contribution in [1.29, 1.82) is 0 Å². The van der Waals surface area contributed by atoms with Gasteiger partial charge >= 0.3 is 0 Å². The van der Waals surface area contributed by atoms with Crippen LogP contribution in [0.2, 0.25) is 0 Å². The van der Waals surface area contributed by atoms with Crippen molar-refractivity contribution in [3.05, 3.63) is 12.0 Å². The van der Waals surface area contributed by atoms with Crippen LogP contribution in [0.4, 0.5) is 5.82 Å². The second kappa shape index (κ2) is 4.05. The van der Waals surface area contributed by atoms with Crippen LogP contribution in [0.25, 0.3) is 11.0 Å². The molecule has 0 atom stereocenters. The first-order valence-electron chi connectivity index (χ1n) is 5.24. The highest BCUT2D eigenvalue weighted by Gasteiger charge is 2.09. The molecule has 0 aliphatic rings. The monoisotopic (exact) mass is 220 g/mol. The van der Waals surface area contributed by atoms with E-state index < -0.39 is 0 Å². The van der Waals surface area contributed by atoms with Crippen LogP contribution in [0, 0.1) is 0 Å². The van der Waals surface area contributed by atoms with Gasteiger partial charge in [0.25, 0.3) is 0 Å². The van der Waals surface area contributed by atoms with Crippen LogP contribution in [0.15, 0.2) is 6.20 Å². The Balaban J connectivity index is 2.44. The molecule has 2 N–H and O–H groups in total. The minimum atomic E-state index is 0.498. The number of aryl methyl sites for hydroxylation is 1. The Hall–Kier alpha value is -1.69. The number of nitrogens with two attached hydrogens (primary N) is 1. The molecule has 0 saturated heterocycles. The normalized spacial score (nSPS) is 11.5. The molecule has 0 unspecified atom stereocenters. The molecule has 0 bridgehead atoms. The molecule has 2 rings (SSSR count). The lowest BCUT2D eigenvalue weighted by Gasteiger charge is -2.12. The van der Waals surface area contributed by atoms with Gasteiger partial charge in [0.15, 0.2) is 5.65 Å². The van der Waals surface area contributed by atoms with Gasteiger partial charge in [-0.3, -0.25) is 9.58 Å². The molecule has 2 heterocycles. The molecule has 0 saturated carbocycles. The van der Waals surface area contributed by atoms with Gasteiger partial charge in [0.05, 0.1) is 18.1 Å². The minimum absolute atomic E-state index is 0.498. The predicted molar refractivity (Wildman–Crippen MR) is 62.7 cm³/mol. The van der Waals surface area contributed by atoms with Crippen LogP contribution in [0.3, 0.4) is 0 Å². The summed E-state index contributed by atoms with van der Waals surface area (Å²) in [6.45, 7) is 3.74. The summed E-state index contributed by atoms with van der Waals surface area (Å²) in [6.07, 6.45) is 1.69. The molecule has 16 heavy (non-hydrogen) atoms. The average Bonchev–Trinajstić information content (AvgIpc) is 2.61. The Bertz CT molecular complexity index is 503. The molecule has 2 aromatic rings. The van der Waals surface area contributed by atoms with E-state index in [1.165, 1.54) is 0 Å². The molecular weight excluding hydrogens is 204 g/mol. The van der Waals surface area contributed by atoms with E-state index in [0.717, 1.165) is 23.4 Å². The van der Waals surface area contributed by atoms with E-state index in [4.69, 9.17) is 5.73 Å². The first kappa shape index (κ1) is 10.8. The molecule has 0 aliphatic heterocycles. The number of nitrogen functional groups attached to an aromatic ring is 1. The van der Waals surface area contributed by atoms with E-state index in [1.807, 2.05) is 14.1 Å². The van der Waals surface area contributed by atoms with E-state index in [2.05, 4.69) is 26.9 Å². The maximum Gasteiger partial charge on any atom is 0.163 e. The summed E-state index contributed by atoms with van der Waals surface area (Å²) in [5, 5.41) is 4.93. The van der Waals surface area contributed by atoms with Crippen LogP contribution in [-0.4, -0.2) is 38.2 Å². The summed E-state index contributed by atoms with van der Waals surface area (Å²) in [7, 11) is 3.87. The van der Waals surface area contributed by atoms with Gasteiger partial charge in [-0.05, 0) is 13.6 Å². The number of fused-ring (bicyclic) bond motifs is 1. The van der Waals surface area contributed by atoms with Crippen molar-refractivity contribution in [1.82, 2.24) is 24.6 Å². The predicted octanol–water partition coefficient (Wildman–Crippen LogP) is 0.397. The van der Waals surface area contributed by atoms with Gasteiger partial charge in [-0.15, -0.1) is 0 Å².